The van der Waals surface area contributed by atoms with E-state index in [-0.39, 0.29) is 12.5 Å². The second kappa shape index (κ2) is 6.49. The predicted molar refractivity (Wildman–Crippen MR) is 76.9 cm³/mol. The maximum Gasteiger partial charge on any atom is 0.260 e. The number of piperidine rings is 1. The third-order valence-corrected chi connectivity index (χ3v) is 4.21. The van der Waals surface area contributed by atoms with Crippen LogP contribution < -0.4 is 4.74 Å². The fourth-order valence-electron chi connectivity index (χ4n) is 2.08. The maximum atomic E-state index is 12.0. The molecule has 104 valence electrons. The summed E-state index contributed by atoms with van der Waals surface area (Å²) >= 11 is 11.9. The Morgan fingerprint density at radius 2 is 2.05 bits per heavy atom. The van der Waals surface area contributed by atoms with Crippen molar-refractivity contribution in [2.24, 2.45) is 5.92 Å². The van der Waals surface area contributed by atoms with Crippen LogP contribution in [0.25, 0.3) is 0 Å². The van der Waals surface area contributed by atoms with Gasteiger partial charge in [0.2, 0.25) is 0 Å². The second-order valence-corrected chi connectivity index (χ2v) is 5.69. The summed E-state index contributed by atoms with van der Waals surface area (Å²) in [6, 6.07) is 5.14. The van der Waals surface area contributed by atoms with Crippen molar-refractivity contribution < 1.29 is 9.53 Å². The molecule has 0 atom stereocenters. The third kappa shape index (κ3) is 3.77. The van der Waals surface area contributed by atoms with Crippen LogP contribution in [0.5, 0.6) is 5.75 Å². The van der Waals surface area contributed by atoms with Gasteiger partial charge >= 0.3 is 0 Å². The molecule has 1 aromatic carbocycles. The molecule has 3 nitrogen and oxygen atoms in total. The van der Waals surface area contributed by atoms with E-state index < -0.39 is 0 Å². The molecule has 1 fully saturated rings. The monoisotopic (exact) mass is 301 g/mol. The number of rotatable bonds is 3. The summed E-state index contributed by atoms with van der Waals surface area (Å²) in [5, 5.41) is 0.780. The fraction of sp³-hybridized carbons (Fsp3) is 0.500. The minimum atomic E-state index is 0.00272. The number of hydrogen-bond donors (Lipinski definition) is 0. The van der Waals surface area contributed by atoms with E-state index in [2.05, 4.69) is 6.92 Å². The van der Waals surface area contributed by atoms with Crippen molar-refractivity contribution in [3.63, 3.8) is 0 Å². The first-order valence-electron chi connectivity index (χ1n) is 6.42. The van der Waals surface area contributed by atoms with Crippen LogP contribution in [0.4, 0.5) is 0 Å². The maximum absolute atomic E-state index is 12.0. The third-order valence-electron chi connectivity index (χ3n) is 3.40. The van der Waals surface area contributed by atoms with Crippen molar-refractivity contribution in [1.29, 1.82) is 0 Å². The van der Waals surface area contributed by atoms with Crippen LogP contribution in [-0.4, -0.2) is 30.5 Å². The van der Waals surface area contributed by atoms with Gasteiger partial charge in [0.05, 0.1) is 5.02 Å². The molecule has 0 aliphatic carbocycles. The number of benzene rings is 1. The van der Waals surface area contributed by atoms with Crippen LogP contribution in [0.1, 0.15) is 19.8 Å². The zero-order valence-electron chi connectivity index (χ0n) is 10.9. The highest BCUT2D eigenvalue weighted by Crippen LogP contribution is 2.31. The highest BCUT2D eigenvalue weighted by Gasteiger charge is 2.20. The van der Waals surface area contributed by atoms with Gasteiger partial charge in [-0.05, 0) is 30.9 Å². The predicted octanol–water partition coefficient (Wildman–Crippen LogP) is 3.63. The summed E-state index contributed by atoms with van der Waals surface area (Å²) in [7, 11) is 0. The lowest BCUT2D eigenvalue weighted by Gasteiger charge is -2.30. The van der Waals surface area contributed by atoms with Gasteiger partial charge in [0, 0.05) is 13.1 Å². The molecular weight excluding hydrogens is 285 g/mol. The number of nitrogens with zero attached hydrogens (tertiary/aromatic N) is 1. The van der Waals surface area contributed by atoms with Crippen LogP contribution >= 0.6 is 23.2 Å². The van der Waals surface area contributed by atoms with Crippen molar-refractivity contribution >= 4 is 29.1 Å². The van der Waals surface area contributed by atoms with E-state index in [9.17, 15) is 4.79 Å². The SMILES string of the molecule is CC1CCN(C(=O)COc2cccc(Cl)c2Cl)CC1. The minimum absolute atomic E-state index is 0.00272. The highest BCUT2D eigenvalue weighted by molar-refractivity contribution is 6.42. The Morgan fingerprint density at radius 3 is 2.74 bits per heavy atom. The number of likely N-dealkylation sites (tertiary alicyclic amines) is 1. The average Bonchev–Trinajstić information content (AvgIpc) is 2.41. The topological polar surface area (TPSA) is 29.5 Å². The molecule has 0 saturated carbocycles. The first-order valence-corrected chi connectivity index (χ1v) is 7.18. The highest BCUT2D eigenvalue weighted by atomic mass is 35.5. The van der Waals surface area contributed by atoms with Gasteiger partial charge in [-0.2, -0.15) is 0 Å². The molecule has 1 heterocycles. The van der Waals surface area contributed by atoms with Crippen LogP contribution in [0.3, 0.4) is 0 Å². The molecule has 0 unspecified atom stereocenters. The van der Waals surface area contributed by atoms with Crippen LogP contribution in [0.15, 0.2) is 18.2 Å². The molecule has 1 amide bonds. The van der Waals surface area contributed by atoms with E-state index in [1.165, 1.54) is 0 Å². The summed E-state index contributed by atoms with van der Waals surface area (Å²) in [6.07, 6.45) is 2.12. The number of amides is 1. The van der Waals surface area contributed by atoms with Gasteiger partial charge in [0.25, 0.3) is 5.91 Å². The molecule has 1 aromatic rings. The lowest BCUT2D eigenvalue weighted by molar-refractivity contribution is -0.134. The van der Waals surface area contributed by atoms with Crippen molar-refractivity contribution in [3.8, 4) is 5.75 Å². The van der Waals surface area contributed by atoms with Gasteiger partial charge in [0.15, 0.2) is 6.61 Å². The molecule has 5 heteroatoms. The smallest absolute Gasteiger partial charge is 0.260 e. The first-order chi connectivity index (χ1) is 9.08. The van der Waals surface area contributed by atoms with E-state index >= 15 is 0 Å². The summed E-state index contributed by atoms with van der Waals surface area (Å²) in [5.41, 5.74) is 0. The standard InChI is InChI=1S/C14H17Cl2NO2/c1-10-5-7-17(8-6-10)13(18)9-19-12-4-2-3-11(15)14(12)16/h2-4,10H,5-9H2,1H3. The molecular formula is C14H17Cl2NO2. The van der Waals surface area contributed by atoms with Crippen molar-refractivity contribution in [2.45, 2.75) is 19.8 Å². The number of carbonyl (C=O) groups is 1. The van der Waals surface area contributed by atoms with Gasteiger partial charge in [-0.15, -0.1) is 0 Å². The molecule has 1 aliphatic heterocycles. The molecule has 19 heavy (non-hydrogen) atoms. The van der Waals surface area contributed by atoms with Crippen molar-refractivity contribution in [1.82, 2.24) is 4.90 Å². The molecule has 0 radical (unpaired) electrons. The molecule has 1 saturated heterocycles. The van der Waals surface area contributed by atoms with E-state index in [4.69, 9.17) is 27.9 Å². The number of halogens is 2. The van der Waals surface area contributed by atoms with Gasteiger partial charge in [-0.25, -0.2) is 0 Å². The molecule has 0 aromatic heterocycles. The number of hydrogen-bond acceptors (Lipinski definition) is 2. The zero-order valence-corrected chi connectivity index (χ0v) is 12.4. The Morgan fingerprint density at radius 1 is 1.37 bits per heavy atom. The summed E-state index contributed by atoms with van der Waals surface area (Å²) in [5.74, 6) is 1.16. The van der Waals surface area contributed by atoms with Gasteiger partial charge in [-0.1, -0.05) is 36.2 Å². The fourth-order valence-corrected chi connectivity index (χ4v) is 2.43. The Bertz CT molecular complexity index is 457. The normalized spacial score (nSPS) is 16.5. The van der Waals surface area contributed by atoms with E-state index in [0.717, 1.165) is 25.9 Å². The molecule has 0 bridgehead atoms. The van der Waals surface area contributed by atoms with Gasteiger partial charge in [0.1, 0.15) is 10.8 Å². The Hall–Kier alpha value is -0.930. The number of ether oxygens (including phenoxy) is 1. The van der Waals surface area contributed by atoms with E-state index in [0.29, 0.717) is 21.7 Å². The van der Waals surface area contributed by atoms with Crippen molar-refractivity contribution in [2.75, 3.05) is 19.7 Å². The molecule has 1 aliphatic rings. The zero-order chi connectivity index (χ0) is 13.8. The first kappa shape index (κ1) is 14.5. The lowest BCUT2D eigenvalue weighted by Crippen LogP contribution is -2.40. The molecule has 2 rings (SSSR count). The summed E-state index contributed by atoms with van der Waals surface area (Å²) < 4.78 is 5.45. The largest absolute Gasteiger partial charge is 0.482 e. The number of carbonyl (C=O) groups excluding carboxylic acids is 1. The van der Waals surface area contributed by atoms with E-state index in [1.807, 2.05) is 4.90 Å². The average molecular weight is 302 g/mol. The minimum Gasteiger partial charge on any atom is -0.482 e. The second-order valence-electron chi connectivity index (χ2n) is 4.90. The quantitative estimate of drug-likeness (QED) is 0.853. The summed E-state index contributed by atoms with van der Waals surface area (Å²) in [4.78, 5) is 13.8. The van der Waals surface area contributed by atoms with Crippen molar-refractivity contribution in [3.05, 3.63) is 28.2 Å². The Labute approximate surface area is 123 Å². The van der Waals surface area contributed by atoms with E-state index in [1.54, 1.807) is 18.2 Å². The van der Waals surface area contributed by atoms with Crippen LogP contribution in [-0.2, 0) is 4.79 Å². The van der Waals surface area contributed by atoms with Crippen LogP contribution in [0.2, 0.25) is 10.0 Å². The molecule has 0 N–H and O–H groups in total. The molecule has 0 spiro atoms. The lowest BCUT2D eigenvalue weighted by atomic mass is 9.99. The van der Waals surface area contributed by atoms with Gasteiger partial charge < -0.3 is 9.64 Å². The van der Waals surface area contributed by atoms with Crippen LogP contribution in [0, 0.1) is 5.92 Å². The Balaban J connectivity index is 1.88. The van der Waals surface area contributed by atoms with Gasteiger partial charge in [-0.3, -0.25) is 4.79 Å². The Kier molecular flexibility index (Phi) is 4.94. The summed E-state index contributed by atoms with van der Waals surface area (Å²) in [6.45, 7) is 3.85.